The second kappa shape index (κ2) is 25.3. The fraction of sp³-hybridized carbons (Fsp3) is 0.862. The van der Waals surface area contributed by atoms with Gasteiger partial charge in [-0.05, 0) is 46.0 Å². The predicted molar refractivity (Wildman–Crippen MR) is 139 cm³/mol. The molecule has 0 spiro atoms. The van der Waals surface area contributed by atoms with Crippen LogP contribution in [0.5, 0.6) is 0 Å². The summed E-state index contributed by atoms with van der Waals surface area (Å²) >= 11 is 0. The second-order valence-electron chi connectivity index (χ2n) is 9.20. The molecular weight excluding hydrogens is 412 g/mol. The SMILES string of the molecule is CCCCCCCCC=CCCCCCCCCCCCCC(C(=O)OCC)C(=O)OCC. The van der Waals surface area contributed by atoms with E-state index in [0.717, 1.165) is 12.8 Å². The Morgan fingerprint density at radius 3 is 1.30 bits per heavy atom. The molecule has 0 unspecified atom stereocenters. The summed E-state index contributed by atoms with van der Waals surface area (Å²) in [6.07, 6.45) is 28.4. The van der Waals surface area contributed by atoms with Gasteiger partial charge in [0.25, 0.3) is 0 Å². The smallest absolute Gasteiger partial charge is 0.320 e. The van der Waals surface area contributed by atoms with E-state index in [1.165, 1.54) is 103 Å². The molecule has 0 atom stereocenters. The van der Waals surface area contributed by atoms with E-state index in [4.69, 9.17) is 9.47 Å². The lowest BCUT2D eigenvalue weighted by molar-refractivity contribution is -0.161. The first-order valence-electron chi connectivity index (χ1n) is 14.2. The van der Waals surface area contributed by atoms with Crippen LogP contribution in [-0.4, -0.2) is 25.2 Å². The molecule has 4 nitrogen and oxygen atoms in total. The van der Waals surface area contributed by atoms with Crippen molar-refractivity contribution in [1.29, 1.82) is 0 Å². The number of rotatable bonds is 24. The van der Waals surface area contributed by atoms with Crippen LogP contribution in [0.2, 0.25) is 0 Å². The van der Waals surface area contributed by atoms with E-state index in [1.807, 2.05) is 0 Å². The van der Waals surface area contributed by atoms with Gasteiger partial charge in [0.1, 0.15) is 0 Å². The Morgan fingerprint density at radius 2 is 0.909 bits per heavy atom. The van der Waals surface area contributed by atoms with Crippen molar-refractivity contribution < 1.29 is 19.1 Å². The fourth-order valence-electron chi connectivity index (χ4n) is 4.12. The van der Waals surface area contributed by atoms with Gasteiger partial charge < -0.3 is 9.47 Å². The minimum absolute atomic E-state index is 0.296. The number of carbonyl (C=O) groups is 2. The standard InChI is InChI=1S/C29H54O4/c1-4-7-8-9-10-11-12-13-14-15-16-17-18-19-20-21-22-23-24-25-26-27(28(30)32-5-2)29(31)33-6-3/h13-14,27H,4-12,15-26H2,1-3H3. The maximum Gasteiger partial charge on any atom is 0.320 e. The van der Waals surface area contributed by atoms with Crippen LogP contribution < -0.4 is 0 Å². The van der Waals surface area contributed by atoms with Crippen LogP contribution in [0.1, 0.15) is 143 Å². The lowest BCUT2D eigenvalue weighted by Gasteiger charge is -2.14. The second-order valence-corrected chi connectivity index (χ2v) is 9.20. The van der Waals surface area contributed by atoms with Gasteiger partial charge in [-0.15, -0.1) is 0 Å². The summed E-state index contributed by atoms with van der Waals surface area (Å²) in [6, 6.07) is 0. The highest BCUT2D eigenvalue weighted by atomic mass is 16.6. The summed E-state index contributed by atoms with van der Waals surface area (Å²) in [5.74, 6) is -1.64. The Morgan fingerprint density at radius 1 is 0.545 bits per heavy atom. The Hall–Kier alpha value is -1.32. The number of hydrogen-bond acceptors (Lipinski definition) is 4. The molecule has 0 aromatic rings. The maximum atomic E-state index is 12.0. The van der Waals surface area contributed by atoms with Gasteiger partial charge in [0.15, 0.2) is 5.92 Å². The molecule has 0 fully saturated rings. The molecule has 0 amide bonds. The van der Waals surface area contributed by atoms with Crippen LogP contribution >= 0.6 is 0 Å². The van der Waals surface area contributed by atoms with Crippen LogP contribution in [0.25, 0.3) is 0 Å². The molecular formula is C29H54O4. The number of carbonyl (C=O) groups excluding carboxylic acids is 2. The van der Waals surface area contributed by atoms with Crippen LogP contribution in [0, 0.1) is 5.92 Å². The van der Waals surface area contributed by atoms with Crippen molar-refractivity contribution in [3.63, 3.8) is 0 Å². The zero-order valence-corrected chi connectivity index (χ0v) is 22.2. The first-order chi connectivity index (χ1) is 16.2. The van der Waals surface area contributed by atoms with Crippen molar-refractivity contribution in [2.24, 2.45) is 5.92 Å². The van der Waals surface area contributed by atoms with Gasteiger partial charge >= 0.3 is 11.9 Å². The molecule has 4 heteroatoms. The monoisotopic (exact) mass is 466 g/mol. The molecule has 0 bridgehead atoms. The van der Waals surface area contributed by atoms with Crippen molar-refractivity contribution in [2.45, 2.75) is 143 Å². The van der Waals surface area contributed by atoms with Gasteiger partial charge in [-0.3, -0.25) is 9.59 Å². The normalized spacial score (nSPS) is 11.4. The molecule has 0 aliphatic heterocycles. The van der Waals surface area contributed by atoms with Gasteiger partial charge in [-0.25, -0.2) is 0 Å². The number of esters is 2. The largest absolute Gasteiger partial charge is 0.465 e. The number of hydrogen-bond donors (Lipinski definition) is 0. The Labute approximate surface area is 205 Å². The number of unbranched alkanes of at least 4 members (excludes halogenated alkanes) is 16. The molecule has 0 saturated heterocycles. The van der Waals surface area contributed by atoms with Gasteiger partial charge in [0, 0.05) is 0 Å². The Balaban J connectivity index is 3.48. The molecule has 33 heavy (non-hydrogen) atoms. The van der Waals surface area contributed by atoms with Gasteiger partial charge in [0.2, 0.25) is 0 Å². The summed E-state index contributed by atoms with van der Waals surface area (Å²) in [4.78, 5) is 23.9. The van der Waals surface area contributed by atoms with Gasteiger partial charge in [-0.1, -0.05) is 109 Å². The summed E-state index contributed by atoms with van der Waals surface area (Å²) in [6.45, 7) is 6.38. The highest BCUT2D eigenvalue weighted by Crippen LogP contribution is 2.17. The molecule has 0 aliphatic rings. The zero-order chi connectivity index (χ0) is 24.4. The molecule has 0 aromatic carbocycles. The Kier molecular flexibility index (Phi) is 24.3. The van der Waals surface area contributed by atoms with E-state index in [0.29, 0.717) is 19.6 Å². The molecule has 0 aliphatic carbocycles. The van der Waals surface area contributed by atoms with Crippen molar-refractivity contribution in [2.75, 3.05) is 13.2 Å². The molecule has 0 rings (SSSR count). The average molecular weight is 467 g/mol. The van der Waals surface area contributed by atoms with E-state index in [9.17, 15) is 9.59 Å². The van der Waals surface area contributed by atoms with Crippen LogP contribution in [0.3, 0.4) is 0 Å². The van der Waals surface area contributed by atoms with Crippen molar-refractivity contribution in [3.8, 4) is 0 Å². The third-order valence-electron chi connectivity index (χ3n) is 6.15. The van der Waals surface area contributed by atoms with Crippen LogP contribution in [0.15, 0.2) is 12.2 Å². The lowest BCUT2D eigenvalue weighted by Crippen LogP contribution is -2.28. The molecule has 0 radical (unpaired) electrons. The van der Waals surface area contributed by atoms with Gasteiger partial charge in [-0.2, -0.15) is 0 Å². The predicted octanol–water partition coefficient (Wildman–Crippen LogP) is 8.72. The summed E-state index contributed by atoms with van der Waals surface area (Å²) in [5, 5.41) is 0. The summed E-state index contributed by atoms with van der Waals surface area (Å²) in [5.41, 5.74) is 0. The maximum absolute atomic E-state index is 12.0. The van der Waals surface area contributed by atoms with Crippen molar-refractivity contribution >= 4 is 11.9 Å². The van der Waals surface area contributed by atoms with Gasteiger partial charge in [0.05, 0.1) is 13.2 Å². The molecule has 0 aromatic heterocycles. The van der Waals surface area contributed by atoms with Crippen molar-refractivity contribution in [3.05, 3.63) is 12.2 Å². The first kappa shape index (κ1) is 31.7. The molecule has 194 valence electrons. The quantitative estimate of drug-likeness (QED) is 0.0617. The van der Waals surface area contributed by atoms with Crippen LogP contribution in [0.4, 0.5) is 0 Å². The van der Waals surface area contributed by atoms with E-state index < -0.39 is 17.9 Å². The number of ether oxygens (including phenoxy) is 2. The third-order valence-corrected chi connectivity index (χ3v) is 6.15. The van der Waals surface area contributed by atoms with E-state index in [-0.39, 0.29) is 0 Å². The zero-order valence-electron chi connectivity index (χ0n) is 22.2. The lowest BCUT2D eigenvalue weighted by atomic mass is 10.00. The number of allylic oxidation sites excluding steroid dienone is 2. The highest BCUT2D eigenvalue weighted by Gasteiger charge is 2.28. The average Bonchev–Trinajstić information content (AvgIpc) is 2.80. The minimum atomic E-state index is -0.754. The van der Waals surface area contributed by atoms with Crippen LogP contribution in [-0.2, 0) is 19.1 Å². The highest BCUT2D eigenvalue weighted by molar-refractivity contribution is 5.94. The van der Waals surface area contributed by atoms with Crippen molar-refractivity contribution in [1.82, 2.24) is 0 Å². The van der Waals surface area contributed by atoms with E-state index in [2.05, 4.69) is 19.1 Å². The molecule has 0 saturated carbocycles. The summed E-state index contributed by atoms with van der Waals surface area (Å²) in [7, 11) is 0. The topological polar surface area (TPSA) is 52.6 Å². The molecule has 0 N–H and O–H groups in total. The minimum Gasteiger partial charge on any atom is -0.465 e. The Bertz CT molecular complexity index is 454. The first-order valence-corrected chi connectivity index (χ1v) is 14.2. The van der Waals surface area contributed by atoms with E-state index in [1.54, 1.807) is 13.8 Å². The summed E-state index contributed by atoms with van der Waals surface area (Å²) < 4.78 is 10.0. The third kappa shape index (κ3) is 21.0. The fourth-order valence-corrected chi connectivity index (χ4v) is 4.12. The molecule has 0 heterocycles. The van der Waals surface area contributed by atoms with E-state index >= 15 is 0 Å².